The second-order valence-corrected chi connectivity index (χ2v) is 5.89. The molecule has 1 aliphatic heterocycles. The number of aromatic nitrogens is 1. The van der Waals surface area contributed by atoms with E-state index in [0.29, 0.717) is 13.1 Å². The van der Waals surface area contributed by atoms with Gasteiger partial charge in [-0.3, -0.25) is 4.79 Å². The molecule has 0 saturated carbocycles. The van der Waals surface area contributed by atoms with Crippen molar-refractivity contribution in [1.82, 2.24) is 14.6 Å². The Morgan fingerprint density at radius 3 is 2.74 bits per heavy atom. The Labute approximate surface area is 110 Å². The third kappa shape index (κ3) is 3.27. The fraction of sp³-hybridized carbons (Fsp3) is 0.455. The number of sulfonamides is 1. The summed E-state index contributed by atoms with van der Waals surface area (Å²) in [5.74, 6) is -1.25. The highest BCUT2D eigenvalue weighted by Gasteiger charge is 2.23. The summed E-state index contributed by atoms with van der Waals surface area (Å²) in [5, 5.41) is -0.691. The molecule has 19 heavy (non-hydrogen) atoms. The normalized spacial score (nSPS) is 15.7. The zero-order valence-electron chi connectivity index (χ0n) is 10.2. The van der Waals surface area contributed by atoms with Gasteiger partial charge in [-0.05, 0) is 25.0 Å². The molecule has 1 amide bonds. The van der Waals surface area contributed by atoms with Crippen LogP contribution in [0.2, 0.25) is 0 Å². The monoisotopic (exact) mass is 287 g/mol. The Bertz CT molecular complexity index is 570. The number of halogens is 1. The first-order valence-electron chi connectivity index (χ1n) is 5.89. The molecular formula is C11H14FN3O3S. The maximum absolute atomic E-state index is 13.3. The number of nitrogens with one attached hydrogen (secondary N) is 1. The molecular weight excluding hydrogens is 273 g/mol. The smallest absolute Gasteiger partial charge is 0.261 e. The van der Waals surface area contributed by atoms with Crippen LogP contribution in [0.15, 0.2) is 23.4 Å². The summed E-state index contributed by atoms with van der Waals surface area (Å²) in [7, 11) is -4.10. The number of amides is 1. The van der Waals surface area contributed by atoms with Gasteiger partial charge < -0.3 is 4.90 Å². The Morgan fingerprint density at radius 2 is 2.11 bits per heavy atom. The van der Waals surface area contributed by atoms with Gasteiger partial charge in [0.25, 0.3) is 10.0 Å². The van der Waals surface area contributed by atoms with Crippen LogP contribution >= 0.6 is 0 Å². The van der Waals surface area contributed by atoms with Crippen molar-refractivity contribution in [1.29, 1.82) is 0 Å². The highest BCUT2D eigenvalue weighted by Crippen LogP contribution is 2.10. The van der Waals surface area contributed by atoms with Gasteiger partial charge in [0.15, 0.2) is 5.82 Å². The lowest BCUT2D eigenvalue weighted by Gasteiger charge is -2.15. The summed E-state index contributed by atoms with van der Waals surface area (Å²) < 4.78 is 39.0. The lowest BCUT2D eigenvalue weighted by atomic mass is 10.4. The minimum absolute atomic E-state index is 0.308. The fourth-order valence-electron chi connectivity index (χ4n) is 1.87. The summed E-state index contributed by atoms with van der Waals surface area (Å²) in [6, 6.07) is 2.30. The summed E-state index contributed by atoms with van der Waals surface area (Å²) >= 11 is 0. The third-order valence-corrected chi connectivity index (χ3v) is 4.19. The molecule has 1 saturated heterocycles. The molecule has 1 aromatic rings. The molecule has 1 N–H and O–H groups in total. The SMILES string of the molecule is O=C(CNS(=O)(=O)c1ncccc1F)N1CCCC1. The summed E-state index contributed by atoms with van der Waals surface area (Å²) in [4.78, 5) is 16.7. The maximum atomic E-state index is 13.3. The molecule has 104 valence electrons. The predicted molar refractivity (Wildman–Crippen MR) is 65.2 cm³/mol. The number of likely N-dealkylation sites (tertiary alicyclic amines) is 1. The van der Waals surface area contributed by atoms with Gasteiger partial charge in [0.2, 0.25) is 10.9 Å². The molecule has 0 aliphatic carbocycles. The van der Waals surface area contributed by atoms with Crippen molar-refractivity contribution in [2.45, 2.75) is 17.9 Å². The van der Waals surface area contributed by atoms with E-state index in [1.807, 2.05) is 0 Å². The van der Waals surface area contributed by atoms with Crippen molar-refractivity contribution in [3.8, 4) is 0 Å². The lowest BCUT2D eigenvalue weighted by Crippen LogP contribution is -2.39. The zero-order chi connectivity index (χ0) is 13.9. The van der Waals surface area contributed by atoms with Crippen LogP contribution in [0.1, 0.15) is 12.8 Å². The van der Waals surface area contributed by atoms with E-state index in [9.17, 15) is 17.6 Å². The molecule has 1 aromatic heterocycles. The van der Waals surface area contributed by atoms with Gasteiger partial charge in [-0.2, -0.15) is 0 Å². The van der Waals surface area contributed by atoms with E-state index in [4.69, 9.17) is 0 Å². The van der Waals surface area contributed by atoms with Crippen molar-refractivity contribution in [2.75, 3.05) is 19.6 Å². The van der Waals surface area contributed by atoms with E-state index in [2.05, 4.69) is 9.71 Å². The first-order chi connectivity index (χ1) is 9.00. The minimum Gasteiger partial charge on any atom is -0.342 e. The molecule has 0 aromatic carbocycles. The zero-order valence-corrected chi connectivity index (χ0v) is 11.0. The number of hydrogen-bond donors (Lipinski definition) is 1. The second kappa shape index (κ2) is 5.62. The highest BCUT2D eigenvalue weighted by atomic mass is 32.2. The van der Waals surface area contributed by atoms with Crippen LogP contribution in [0, 0.1) is 5.82 Å². The van der Waals surface area contributed by atoms with E-state index in [0.717, 1.165) is 18.9 Å². The molecule has 8 heteroatoms. The Balaban J connectivity index is 2.02. The van der Waals surface area contributed by atoms with Gasteiger partial charge in [-0.15, -0.1) is 0 Å². The van der Waals surface area contributed by atoms with Crippen LogP contribution in [0.25, 0.3) is 0 Å². The predicted octanol–water partition coefficient (Wildman–Crippen LogP) is 0.121. The van der Waals surface area contributed by atoms with Gasteiger partial charge >= 0.3 is 0 Å². The number of pyridine rings is 1. The number of nitrogens with zero attached hydrogens (tertiary/aromatic N) is 2. The van der Waals surface area contributed by atoms with Crippen molar-refractivity contribution in [2.24, 2.45) is 0 Å². The number of hydrogen-bond acceptors (Lipinski definition) is 4. The molecule has 1 aliphatic rings. The van der Waals surface area contributed by atoms with Crippen LogP contribution in [-0.2, 0) is 14.8 Å². The molecule has 0 spiro atoms. The quantitative estimate of drug-likeness (QED) is 0.853. The summed E-state index contributed by atoms with van der Waals surface area (Å²) in [6.45, 7) is 0.898. The second-order valence-electron chi connectivity index (χ2n) is 4.20. The standard InChI is InChI=1S/C11H14FN3O3S/c12-9-4-3-5-13-11(9)19(17,18)14-8-10(16)15-6-1-2-7-15/h3-5,14H,1-2,6-8H2. The van der Waals surface area contributed by atoms with Crippen molar-refractivity contribution >= 4 is 15.9 Å². The number of carbonyl (C=O) groups excluding carboxylic acids is 1. The molecule has 1 fully saturated rings. The van der Waals surface area contributed by atoms with Gasteiger partial charge in [0, 0.05) is 19.3 Å². The first-order valence-corrected chi connectivity index (χ1v) is 7.37. The highest BCUT2D eigenvalue weighted by molar-refractivity contribution is 7.89. The van der Waals surface area contributed by atoms with Gasteiger partial charge in [-0.1, -0.05) is 0 Å². The largest absolute Gasteiger partial charge is 0.342 e. The van der Waals surface area contributed by atoms with E-state index in [1.165, 1.54) is 12.3 Å². The Kier molecular flexibility index (Phi) is 4.11. The molecule has 2 heterocycles. The third-order valence-electron chi connectivity index (χ3n) is 2.85. The summed E-state index contributed by atoms with van der Waals surface area (Å²) in [6.07, 6.45) is 3.03. The van der Waals surface area contributed by atoms with Gasteiger partial charge in [0.1, 0.15) is 0 Å². The number of rotatable bonds is 4. The van der Waals surface area contributed by atoms with Crippen molar-refractivity contribution in [3.05, 3.63) is 24.1 Å². The Morgan fingerprint density at radius 1 is 1.42 bits per heavy atom. The van der Waals surface area contributed by atoms with Crippen LogP contribution in [0.4, 0.5) is 4.39 Å². The maximum Gasteiger partial charge on any atom is 0.261 e. The molecule has 0 radical (unpaired) electrons. The van der Waals surface area contributed by atoms with Crippen molar-refractivity contribution in [3.63, 3.8) is 0 Å². The Hall–Kier alpha value is -1.54. The van der Waals surface area contributed by atoms with Crippen molar-refractivity contribution < 1.29 is 17.6 Å². The molecule has 0 bridgehead atoms. The number of carbonyl (C=O) groups is 1. The van der Waals surface area contributed by atoms with Gasteiger partial charge in [0.05, 0.1) is 6.54 Å². The average Bonchev–Trinajstić information content (AvgIpc) is 2.90. The van der Waals surface area contributed by atoms with Crippen LogP contribution in [0.3, 0.4) is 0 Å². The van der Waals surface area contributed by atoms with E-state index in [1.54, 1.807) is 4.90 Å². The fourth-order valence-corrected chi connectivity index (χ4v) is 2.85. The molecule has 6 nitrogen and oxygen atoms in total. The van der Waals surface area contributed by atoms with E-state index < -0.39 is 20.9 Å². The van der Waals surface area contributed by atoms with Crippen LogP contribution in [-0.4, -0.2) is 43.8 Å². The molecule has 2 rings (SSSR count). The first kappa shape index (κ1) is 13.9. The van der Waals surface area contributed by atoms with E-state index in [-0.39, 0.29) is 12.5 Å². The van der Waals surface area contributed by atoms with Gasteiger partial charge in [-0.25, -0.2) is 22.5 Å². The van der Waals surface area contributed by atoms with Crippen LogP contribution in [0.5, 0.6) is 0 Å². The minimum atomic E-state index is -4.10. The lowest BCUT2D eigenvalue weighted by molar-refractivity contribution is -0.128. The van der Waals surface area contributed by atoms with Crippen LogP contribution < -0.4 is 4.72 Å². The topological polar surface area (TPSA) is 79.4 Å². The molecule has 0 unspecified atom stereocenters. The van der Waals surface area contributed by atoms with E-state index >= 15 is 0 Å². The average molecular weight is 287 g/mol. The molecule has 0 atom stereocenters. The summed E-state index contributed by atoms with van der Waals surface area (Å²) in [5.41, 5.74) is 0.